The Balaban J connectivity index is 3.16. The van der Waals surface area contributed by atoms with Crippen LogP contribution < -0.4 is 5.73 Å². The van der Waals surface area contributed by atoms with Gasteiger partial charge in [-0.05, 0) is 26.8 Å². The van der Waals surface area contributed by atoms with Crippen LogP contribution in [0.1, 0.15) is 43.1 Å². The Morgan fingerprint density at radius 2 is 1.94 bits per heavy atom. The molecule has 1 rings (SSSR count). The molecule has 0 fully saturated rings. The van der Waals surface area contributed by atoms with E-state index in [1.807, 2.05) is 0 Å². The van der Waals surface area contributed by atoms with Crippen LogP contribution in [0, 0.1) is 0 Å². The van der Waals surface area contributed by atoms with Crippen molar-refractivity contribution in [2.24, 2.45) is 0 Å². The maximum Gasteiger partial charge on any atom is 0.341 e. The summed E-state index contributed by atoms with van der Waals surface area (Å²) in [6.07, 6.45) is -2.76. The summed E-state index contributed by atoms with van der Waals surface area (Å²) in [6.45, 7) is 4.98. The molecule has 0 saturated heterocycles. The molecule has 0 spiro atoms. The van der Waals surface area contributed by atoms with E-state index < -0.39 is 23.6 Å². The summed E-state index contributed by atoms with van der Waals surface area (Å²) in [4.78, 5) is 11.8. The van der Waals surface area contributed by atoms with E-state index in [-0.39, 0.29) is 11.3 Å². The number of esters is 1. The number of hydrogen-bond donors (Lipinski definition) is 1. The molecule has 2 N–H and O–H groups in total. The first-order valence-electron chi connectivity index (χ1n) is 5.12. The van der Waals surface area contributed by atoms with Crippen molar-refractivity contribution in [1.82, 2.24) is 0 Å². The third kappa shape index (κ3) is 3.41. The number of nitrogen functional groups attached to an aromatic ring is 1. The van der Waals surface area contributed by atoms with Crippen molar-refractivity contribution in [3.05, 3.63) is 29.3 Å². The molecule has 0 aliphatic heterocycles. The molecule has 5 heteroatoms. The van der Waals surface area contributed by atoms with Crippen molar-refractivity contribution in [1.29, 1.82) is 0 Å². The molecule has 0 aromatic heterocycles. The second-order valence-corrected chi connectivity index (χ2v) is 4.61. The highest BCUT2D eigenvalue weighted by Crippen LogP contribution is 2.28. The highest BCUT2D eigenvalue weighted by molar-refractivity contribution is 5.97. The smallest absolute Gasteiger partial charge is 0.341 e. The molecular formula is C12H15F2NO2. The number of hydrogen-bond acceptors (Lipinski definition) is 3. The zero-order chi connectivity index (χ0) is 13.2. The van der Waals surface area contributed by atoms with Crippen LogP contribution in [-0.2, 0) is 4.74 Å². The van der Waals surface area contributed by atoms with Crippen molar-refractivity contribution < 1.29 is 18.3 Å². The van der Waals surface area contributed by atoms with Crippen molar-refractivity contribution in [3.63, 3.8) is 0 Å². The van der Waals surface area contributed by atoms with E-state index in [4.69, 9.17) is 10.5 Å². The number of halogens is 2. The quantitative estimate of drug-likeness (QED) is 0.641. The van der Waals surface area contributed by atoms with Gasteiger partial charge in [0.15, 0.2) is 0 Å². The van der Waals surface area contributed by atoms with E-state index >= 15 is 0 Å². The van der Waals surface area contributed by atoms with E-state index in [1.54, 1.807) is 20.8 Å². The normalized spacial score (nSPS) is 11.6. The fraction of sp³-hybridized carbons (Fsp3) is 0.417. The summed E-state index contributed by atoms with van der Waals surface area (Å²) in [5.41, 5.74) is 4.13. The number of alkyl halides is 2. The van der Waals surface area contributed by atoms with Crippen molar-refractivity contribution in [2.75, 3.05) is 5.73 Å². The number of carbonyl (C=O) groups excluding carboxylic acids is 1. The third-order valence-electron chi connectivity index (χ3n) is 1.97. The Morgan fingerprint density at radius 1 is 1.35 bits per heavy atom. The second-order valence-electron chi connectivity index (χ2n) is 4.61. The molecule has 0 aliphatic carbocycles. The zero-order valence-corrected chi connectivity index (χ0v) is 9.96. The Kier molecular flexibility index (Phi) is 3.70. The van der Waals surface area contributed by atoms with E-state index in [0.29, 0.717) is 0 Å². The molecule has 1 aromatic rings. The number of benzene rings is 1. The molecule has 3 nitrogen and oxygen atoms in total. The fourth-order valence-electron chi connectivity index (χ4n) is 1.34. The standard InChI is InChI=1S/C12H15F2NO2/c1-12(2,3)17-11(16)9-7(10(13)14)5-4-6-8(9)15/h4-6,10H,15H2,1-3H3. The molecule has 0 atom stereocenters. The van der Waals surface area contributed by atoms with Gasteiger partial charge in [0.05, 0.1) is 5.56 Å². The highest BCUT2D eigenvalue weighted by Gasteiger charge is 2.25. The highest BCUT2D eigenvalue weighted by atomic mass is 19.3. The molecule has 0 heterocycles. The minimum atomic E-state index is -2.76. The van der Waals surface area contributed by atoms with Crippen LogP contribution in [-0.4, -0.2) is 11.6 Å². The van der Waals surface area contributed by atoms with Crippen LogP contribution in [0.15, 0.2) is 18.2 Å². The van der Waals surface area contributed by atoms with E-state index in [9.17, 15) is 13.6 Å². The Bertz CT molecular complexity index is 425. The van der Waals surface area contributed by atoms with Crippen molar-refractivity contribution in [3.8, 4) is 0 Å². The van der Waals surface area contributed by atoms with E-state index in [1.165, 1.54) is 18.2 Å². The minimum absolute atomic E-state index is 0.00273. The SMILES string of the molecule is CC(C)(C)OC(=O)c1c(N)cccc1C(F)F. The molecule has 0 aliphatic rings. The lowest BCUT2D eigenvalue weighted by Gasteiger charge is -2.21. The molecule has 0 bridgehead atoms. The maximum atomic E-state index is 12.7. The molecule has 0 amide bonds. The molecule has 1 aromatic carbocycles. The molecule has 0 saturated carbocycles. The van der Waals surface area contributed by atoms with Gasteiger partial charge < -0.3 is 10.5 Å². The van der Waals surface area contributed by atoms with Crippen LogP contribution >= 0.6 is 0 Å². The first-order valence-corrected chi connectivity index (χ1v) is 5.12. The number of carbonyl (C=O) groups is 1. The molecule has 17 heavy (non-hydrogen) atoms. The lowest BCUT2D eigenvalue weighted by Crippen LogP contribution is -2.25. The average Bonchev–Trinajstić information content (AvgIpc) is 2.13. The zero-order valence-electron chi connectivity index (χ0n) is 9.96. The van der Waals surface area contributed by atoms with Gasteiger partial charge in [-0.15, -0.1) is 0 Å². The van der Waals surface area contributed by atoms with Crippen LogP contribution in [0.25, 0.3) is 0 Å². The fourth-order valence-corrected chi connectivity index (χ4v) is 1.34. The summed E-state index contributed by atoms with van der Waals surface area (Å²) in [5, 5.41) is 0. The molecule has 0 unspecified atom stereocenters. The monoisotopic (exact) mass is 243 g/mol. The largest absolute Gasteiger partial charge is 0.456 e. The summed E-state index contributed by atoms with van der Waals surface area (Å²) < 4.78 is 30.5. The van der Waals surface area contributed by atoms with Crippen LogP contribution in [0.3, 0.4) is 0 Å². The average molecular weight is 243 g/mol. The van der Waals surface area contributed by atoms with Gasteiger partial charge in [-0.3, -0.25) is 0 Å². The summed E-state index contributed by atoms with van der Waals surface area (Å²) in [6, 6.07) is 3.94. The van der Waals surface area contributed by atoms with Gasteiger partial charge in [0.2, 0.25) is 0 Å². The van der Waals surface area contributed by atoms with Crippen LogP contribution in [0.4, 0.5) is 14.5 Å². The maximum absolute atomic E-state index is 12.7. The molecular weight excluding hydrogens is 228 g/mol. The predicted molar refractivity (Wildman–Crippen MR) is 61.0 cm³/mol. The molecule has 94 valence electrons. The van der Waals surface area contributed by atoms with Gasteiger partial charge in [0.1, 0.15) is 5.60 Å². The third-order valence-corrected chi connectivity index (χ3v) is 1.97. The number of nitrogens with two attached hydrogens (primary N) is 1. The number of anilines is 1. The van der Waals surface area contributed by atoms with Gasteiger partial charge in [-0.1, -0.05) is 12.1 Å². The summed E-state index contributed by atoms with van der Waals surface area (Å²) in [7, 11) is 0. The second kappa shape index (κ2) is 4.69. The first kappa shape index (κ1) is 13.4. The number of rotatable bonds is 2. The summed E-state index contributed by atoms with van der Waals surface area (Å²) >= 11 is 0. The lowest BCUT2D eigenvalue weighted by atomic mass is 10.1. The first-order chi connectivity index (χ1) is 7.72. The Hall–Kier alpha value is -1.65. The Labute approximate surface area is 98.6 Å². The van der Waals surface area contributed by atoms with Crippen molar-refractivity contribution >= 4 is 11.7 Å². The van der Waals surface area contributed by atoms with Crippen LogP contribution in [0.5, 0.6) is 0 Å². The van der Waals surface area contributed by atoms with E-state index in [0.717, 1.165) is 0 Å². The van der Waals surface area contributed by atoms with Crippen molar-refractivity contribution in [2.45, 2.75) is 32.8 Å². The van der Waals surface area contributed by atoms with Gasteiger partial charge in [-0.2, -0.15) is 0 Å². The predicted octanol–water partition coefficient (Wildman–Crippen LogP) is 3.16. The van der Waals surface area contributed by atoms with Gasteiger partial charge in [-0.25, -0.2) is 13.6 Å². The number of ether oxygens (including phenoxy) is 1. The van der Waals surface area contributed by atoms with Gasteiger partial charge in [0, 0.05) is 11.3 Å². The van der Waals surface area contributed by atoms with Gasteiger partial charge >= 0.3 is 5.97 Å². The minimum Gasteiger partial charge on any atom is -0.456 e. The van der Waals surface area contributed by atoms with Crippen LogP contribution in [0.2, 0.25) is 0 Å². The lowest BCUT2D eigenvalue weighted by molar-refractivity contribution is 0.00634. The Morgan fingerprint density at radius 3 is 2.41 bits per heavy atom. The van der Waals surface area contributed by atoms with E-state index in [2.05, 4.69) is 0 Å². The summed E-state index contributed by atoms with van der Waals surface area (Å²) in [5.74, 6) is -0.828. The topological polar surface area (TPSA) is 52.3 Å². The molecule has 0 radical (unpaired) electrons. The van der Waals surface area contributed by atoms with Gasteiger partial charge in [0.25, 0.3) is 6.43 Å².